The summed E-state index contributed by atoms with van der Waals surface area (Å²) in [5, 5.41) is 0.699. The van der Waals surface area contributed by atoms with Crippen molar-refractivity contribution in [1.29, 1.82) is 0 Å². The molecule has 0 aromatic heterocycles. The number of rotatable bonds is 2. The van der Waals surface area contributed by atoms with Crippen LogP contribution >= 0.6 is 31.9 Å². The molecule has 0 fully saturated rings. The predicted molar refractivity (Wildman–Crippen MR) is 71.9 cm³/mol. The van der Waals surface area contributed by atoms with Crippen LogP contribution in [0.15, 0.2) is 22.7 Å². The molecule has 0 unspecified atom stereocenters. The van der Waals surface area contributed by atoms with Crippen LogP contribution in [0.1, 0.15) is 36.7 Å². The zero-order chi connectivity index (χ0) is 12.3. The third-order valence-corrected chi connectivity index (χ3v) is 3.38. The van der Waals surface area contributed by atoms with Crippen molar-refractivity contribution in [2.45, 2.75) is 31.7 Å². The minimum atomic E-state index is -0.471. The highest BCUT2D eigenvalue weighted by atomic mass is 79.9. The van der Waals surface area contributed by atoms with Crippen LogP contribution in [0, 0.1) is 0 Å². The number of benzene rings is 1. The Morgan fingerprint density at radius 1 is 1.38 bits per heavy atom. The highest BCUT2D eigenvalue weighted by Gasteiger charge is 2.20. The molecule has 0 aliphatic carbocycles. The number of hydrogen-bond donors (Lipinski definition) is 0. The minimum Gasteiger partial charge on any atom is -0.456 e. The summed E-state index contributed by atoms with van der Waals surface area (Å²) in [6.45, 7) is 5.56. The van der Waals surface area contributed by atoms with Crippen LogP contribution in [0.2, 0.25) is 0 Å². The number of esters is 1. The maximum atomic E-state index is 11.9. The van der Waals surface area contributed by atoms with Gasteiger partial charge in [-0.25, -0.2) is 4.79 Å². The van der Waals surface area contributed by atoms with E-state index in [0.717, 1.165) is 10.0 Å². The molecule has 0 saturated carbocycles. The normalized spacial score (nSPS) is 11.3. The maximum Gasteiger partial charge on any atom is 0.339 e. The lowest BCUT2D eigenvalue weighted by Crippen LogP contribution is -2.24. The second-order valence-electron chi connectivity index (χ2n) is 4.41. The molecule has 0 radical (unpaired) electrons. The van der Waals surface area contributed by atoms with Crippen molar-refractivity contribution in [3.63, 3.8) is 0 Å². The van der Waals surface area contributed by atoms with Crippen LogP contribution < -0.4 is 0 Å². The molecular formula is C12H14Br2O2. The van der Waals surface area contributed by atoms with Gasteiger partial charge in [-0.1, -0.05) is 28.1 Å². The molecule has 0 aliphatic rings. The van der Waals surface area contributed by atoms with Gasteiger partial charge in [-0.15, -0.1) is 0 Å². The Kier molecular flexibility index (Phi) is 4.56. The maximum absolute atomic E-state index is 11.9. The molecule has 88 valence electrons. The Bertz CT molecular complexity index is 394. The summed E-state index contributed by atoms with van der Waals surface area (Å²) in [5.41, 5.74) is 1.12. The summed E-state index contributed by atoms with van der Waals surface area (Å²) in [6.07, 6.45) is 0. The number of halogens is 2. The highest BCUT2D eigenvalue weighted by Crippen LogP contribution is 2.25. The van der Waals surface area contributed by atoms with Crippen LogP contribution in [0.4, 0.5) is 0 Å². The summed E-state index contributed by atoms with van der Waals surface area (Å²) in [7, 11) is 0. The predicted octanol–water partition coefficient (Wildman–Crippen LogP) is 4.30. The molecular weight excluding hydrogens is 336 g/mol. The van der Waals surface area contributed by atoms with E-state index in [-0.39, 0.29) is 5.97 Å². The molecule has 0 aliphatic heterocycles. The Morgan fingerprint density at radius 2 is 2.00 bits per heavy atom. The van der Waals surface area contributed by atoms with E-state index < -0.39 is 5.60 Å². The van der Waals surface area contributed by atoms with Crippen LogP contribution in [0.3, 0.4) is 0 Å². The summed E-state index contributed by atoms with van der Waals surface area (Å²) >= 11 is 6.79. The molecule has 0 atom stereocenters. The molecule has 4 heteroatoms. The van der Waals surface area contributed by atoms with Gasteiger partial charge in [0.2, 0.25) is 0 Å². The first-order valence-corrected chi connectivity index (χ1v) is 6.83. The standard InChI is InChI=1S/C12H14Br2O2/c1-12(2,3)16-11(15)9-6-4-5-8(7-13)10(9)14/h4-6H,7H2,1-3H3. The summed E-state index contributed by atoms with van der Waals surface area (Å²) in [4.78, 5) is 11.9. The average Bonchev–Trinajstić information content (AvgIpc) is 2.15. The van der Waals surface area contributed by atoms with E-state index in [1.807, 2.05) is 32.9 Å². The van der Waals surface area contributed by atoms with E-state index in [9.17, 15) is 4.79 Å². The third kappa shape index (κ3) is 3.59. The first kappa shape index (κ1) is 13.7. The van der Waals surface area contributed by atoms with Gasteiger partial charge in [-0.3, -0.25) is 0 Å². The van der Waals surface area contributed by atoms with Crippen molar-refractivity contribution in [3.05, 3.63) is 33.8 Å². The topological polar surface area (TPSA) is 26.3 Å². The van der Waals surface area contributed by atoms with Gasteiger partial charge in [0.05, 0.1) is 5.56 Å². The van der Waals surface area contributed by atoms with Gasteiger partial charge in [0.25, 0.3) is 0 Å². The van der Waals surface area contributed by atoms with E-state index in [0.29, 0.717) is 10.9 Å². The van der Waals surface area contributed by atoms with Crippen molar-refractivity contribution >= 4 is 37.8 Å². The van der Waals surface area contributed by atoms with Crippen LogP contribution in [-0.2, 0) is 10.1 Å². The van der Waals surface area contributed by atoms with E-state index in [2.05, 4.69) is 31.9 Å². The van der Waals surface area contributed by atoms with Gasteiger partial charge >= 0.3 is 5.97 Å². The first-order valence-electron chi connectivity index (χ1n) is 4.92. The van der Waals surface area contributed by atoms with E-state index in [1.54, 1.807) is 6.07 Å². The lowest BCUT2D eigenvalue weighted by atomic mass is 10.1. The van der Waals surface area contributed by atoms with Crippen molar-refractivity contribution in [2.24, 2.45) is 0 Å². The number of carbonyl (C=O) groups is 1. The summed E-state index contributed by atoms with van der Waals surface area (Å²) < 4.78 is 6.11. The average molecular weight is 350 g/mol. The number of alkyl halides is 1. The molecule has 0 N–H and O–H groups in total. The van der Waals surface area contributed by atoms with Gasteiger partial charge in [0.1, 0.15) is 5.60 Å². The van der Waals surface area contributed by atoms with E-state index in [4.69, 9.17) is 4.74 Å². The van der Waals surface area contributed by atoms with Crippen LogP contribution in [0.25, 0.3) is 0 Å². The van der Waals surface area contributed by atoms with Gasteiger partial charge in [-0.05, 0) is 48.3 Å². The van der Waals surface area contributed by atoms with Gasteiger partial charge in [-0.2, -0.15) is 0 Å². The van der Waals surface area contributed by atoms with Gasteiger partial charge < -0.3 is 4.74 Å². The van der Waals surface area contributed by atoms with Crippen LogP contribution in [-0.4, -0.2) is 11.6 Å². The lowest BCUT2D eigenvalue weighted by Gasteiger charge is -2.20. The Balaban J connectivity index is 3.01. The number of ether oxygens (including phenoxy) is 1. The second kappa shape index (κ2) is 5.32. The molecule has 2 nitrogen and oxygen atoms in total. The molecule has 0 bridgehead atoms. The van der Waals surface area contributed by atoms with Crippen molar-refractivity contribution in [1.82, 2.24) is 0 Å². The third-order valence-electron chi connectivity index (χ3n) is 1.84. The quantitative estimate of drug-likeness (QED) is 0.587. The number of carbonyl (C=O) groups excluding carboxylic acids is 1. The minimum absolute atomic E-state index is 0.304. The lowest BCUT2D eigenvalue weighted by molar-refractivity contribution is 0.00684. The molecule has 1 rings (SSSR count). The smallest absolute Gasteiger partial charge is 0.339 e. The molecule has 1 aromatic carbocycles. The van der Waals surface area contributed by atoms with E-state index >= 15 is 0 Å². The Hall–Kier alpha value is -0.350. The van der Waals surface area contributed by atoms with E-state index in [1.165, 1.54) is 0 Å². The number of hydrogen-bond acceptors (Lipinski definition) is 2. The Labute approximate surface area is 113 Å². The second-order valence-corrected chi connectivity index (χ2v) is 5.77. The van der Waals surface area contributed by atoms with Crippen molar-refractivity contribution < 1.29 is 9.53 Å². The molecule has 16 heavy (non-hydrogen) atoms. The summed E-state index contributed by atoms with van der Waals surface area (Å²) in [5.74, 6) is -0.304. The SMILES string of the molecule is CC(C)(C)OC(=O)c1cccc(CBr)c1Br. The zero-order valence-electron chi connectivity index (χ0n) is 9.51. The molecule has 0 heterocycles. The fourth-order valence-corrected chi connectivity index (χ4v) is 2.58. The molecule has 0 amide bonds. The monoisotopic (exact) mass is 348 g/mol. The molecule has 1 aromatic rings. The molecule has 0 saturated heterocycles. The summed E-state index contributed by atoms with van der Waals surface area (Å²) in [6, 6.07) is 5.55. The van der Waals surface area contributed by atoms with Crippen molar-refractivity contribution in [3.8, 4) is 0 Å². The molecule has 0 spiro atoms. The van der Waals surface area contributed by atoms with Crippen molar-refractivity contribution in [2.75, 3.05) is 0 Å². The zero-order valence-corrected chi connectivity index (χ0v) is 12.7. The largest absolute Gasteiger partial charge is 0.456 e. The highest BCUT2D eigenvalue weighted by molar-refractivity contribution is 9.10. The first-order chi connectivity index (χ1) is 7.35. The fraction of sp³-hybridized carbons (Fsp3) is 0.417. The van der Waals surface area contributed by atoms with Gasteiger partial charge in [0, 0.05) is 9.80 Å². The fourth-order valence-electron chi connectivity index (χ4n) is 1.17. The van der Waals surface area contributed by atoms with Gasteiger partial charge in [0.15, 0.2) is 0 Å². The van der Waals surface area contributed by atoms with Crippen LogP contribution in [0.5, 0.6) is 0 Å². The Morgan fingerprint density at radius 3 is 2.50 bits per heavy atom.